The molecule has 2 nitrogen and oxygen atoms in total. The molecular formula is C22H23NO. The van der Waals surface area contributed by atoms with E-state index < -0.39 is 0 Å². The minimum atomic E-state index is 0.606. The average molecular weight is 317 g/mol. The van der Waals surface area contributed by atoms with Crippen molar-refractivity contribution in [3.05, 3.63) is 77.4 Å². The van der Waals surface area contributed by atoms with Crippen LogP contribution >= 0.6 is 0 Å². The number of nitrogens with two attached hydrogens (primary N) is 1. The van der Waals surface area contributed by atoms with Gasteiger partial charge in [-0.15, -0.1) is 0 Å². The molecule has 2 heteroatoms. The van der Waals surface area contributed by atoms with Crippen molar-refractivity contribution in [1.29, 1.82) is 0 Å². The van der Waals surface area contributed by atoms with E-state index in [1.807, 2.05) is 0 Å². The number of hydrogen-bond acceptors (Lipinski definition) is 2. The summed E-state index contributed by atoms with van der Waals surface area (Å²) in [5, 5.41) is 2.53. The third-order valence-corrected chi connectivity index (χ3v) is 5.06. The Balaban J connectivity index is 1.47. The molecule has 1 aliphatic carbocycles. The Labute approximate surface area is 143 Å². The molecule has 122 valence electrons. The van der Waals surface area contributed by atoms with Gasteiger partial charge in [-0.3, -0.25) is 0 Å². The summed E-state index contributed by atoms with van der Waals surface area (Å²) in [5.74, 6) is 1.61. The van der Waals surface area contributed by atoms with Crippen LogP contribution in [0.3, 0.4) is 0 Å². The number of hydrogen-bond donors (Lipinski definition) is 1. The van der Waals surface area contributed by atoms with Crippen LogP contribution in [-0.4, -0.2) is 6.54 Å². The summed E-state index contributed by atoms with van der Waals surface area (Å²) in [6, 6.07) is 21.5. The second-order valence-corrected chi connectivity index (χ2v) is 6.75. The van der Waals surface area contributed by atoms with E-state index in [-0.39, 0.29) is 0 Å². The summed E-state index contributed by atoms with van der Waals surface area (Å²) in [7, 11) is 0. The van der Waals surface area contributed by atoms with Gasteiger partial charge < -0.3 is 10.5 Å². The van der Waals surface area contributed by atoms with Crippen molar-refractivity contribution in [2.45, 2.75) is 25.9 Å². The first kappa shape index (κ1) is 15.2. The Hall–Kier alpha value is -2.32. The highest BCUT2D eigenvalue weighted by molar-refractivity contribution is 5.82. The zero-order valence-electron chi connectivity index (χ0n) is 13.9. The lowest BCUT2D eigenvalue weighted by Crippen LogP contribution is -2.22. The molecule has 0 heterocycles. The van der Waals surface area contributed by atoms with Gasteiger partial charge in [0.15, 0.2) is 0 Å². The fraction of sp³-hybridized carbons (Fsp3) is 0.273. The summed E-state index contributed by atoms with van der Waals surface area (Å²) in [6.45, 7) is 1.40. The van der Waals surface area contributed by atoms with Crippen LogP contribution in [0.2, 0.25) is 0 Å². The van der Waals surface area contributed by atoms with Crippen molar-refractivity contribution in [1.82, 2.24) is 0 Å². The average Bonchev–Trinajstić information content (AvgIpc) is 2.65. The molecule has 0 saturated carbocycles. The largest absolute Gasteiger partial charge is 0.489 e. The molecule has 0 saturated heterocycles. The molecule has 4 rings (SSSR count). The monoisotopic (exact) mass is 317 g/mol. The Morgan fingerprint density at radius 1 is 0.917 bits per heavy atom. The molecule has 0 fully saturated rings. The molecule has 0 amide bonds. The van der Waals surface area contributed by atoms with E-state index >= 15 is 0 Å². The minimum Gasteiger partial charge on any atom is -0.489 e. The first-order chi connectivity index (χ1) is 11.8. The second kappa shape index (κ2) is 6.66. The summed E-state index contributed by atoms with van der Waals surface area (Å²) < 4.78 is 6.04. The molecule has 3 aromatic carbocycles. The van der Waals surface area contributed by atoms with Gasteiger partial charge in [0, 0.05) is 0 Å². The van der Waals surface area contributed by atoms with Gasteiger partial charge in [0.1, 0.15) is 12.4 Å². The maximum absolute atomic E-state index is 6.04. The molecule has 0 radical (unpaired) electrons. The van der Waals surface area contributed by atoms with Crippen molar-refractivity contribution < 1.29 is 4.74 Å². The van der Waals surface area contributed by atoms with Gasteiger partial charge in [-0.2, -0.15) is 0 Å². The molecule has 1 aliphatic rings. The van der Waals surface area contributed by atoms with Gasteiger partial charge >= 0.3 is 0 Å². The number of ether oxygens (including phenoxy) is 1. The van der Waals surface area contributed by atoms with Crippen molar-refractivity contribution in [3.8, 4) is 5.75 Å². The number of benzene rings is 3. The van der Waals surface area contributed by atoms with Crippen LogP contribution in [-0.2, 0) is 19.4 Å². The van der Waals surface area contributed by atoms with E-state index in [1.54, 1.807) is 0 Å². The maximum atomic E-state index is 6.04. The van der Waals surface area contributed by atoms with Gasteiger partial charge in [0.25, 0.3) is 0 Å². The van der Waals surface area contributed by atoms with Crippen LogP contribution in [0.4, 0.5) is 0 Å². The normalized spacial score (nSPS) is 16.8. The lowest BCUT2D eigenvalue weighted by Gasteiger charge is -2.23. The van der Waals surface area contributed by atoms with Crippen LogP contribution in [0.25, 0.3) is 10.8 Å². The van der Waals surface area contributed by atoms with E-state index in [0.717, 1.165) is 25.1 Å². The molecule has 2 N–H and O–H groups in total. The van der Waals surface area contributed by atoms with Crippen LogP contribution in [0, 0.1) is 5.92 Å². The molecule has 0 aromatic heterocycles. The molecule has 24 heavy (non-hydrogen) atoms. The summed E-state index contributed by atoms with van der Waals surface area (Å²) >= 11 is 0. The second-order valence-electron chi connectivity index (χ2n) is 6.75. The fourth-order valence-corrected chi connectivity index (χ4v) is 3.59. The molecule has 1 atom stereocenters. The van der Waals surface area contributed by atoms with Crippen molar-refractivity contribution in [3.63, 3.8) is 0 Å². The quantitative estimate of drug-likeness (QED) is 0.770. The van der Waals surface area contributed by atoms with Crippen LogP contribution < -0.4 is 10.5 Å². The standard InChI is InChI=1S/C22H23NO/c23-14-16-5-8-21-13-22(10-9-20(21)11-16)24-15-17-6-7-18-3-1-2-4-19(18)12-17/h1-4,6-7,9-10,12-13,16H,5,8,11,14-15,23H2. The van der Waals surface area contributed by atoms with Gasteiger partial charge in [-0.25, -0.2) is 0 Å². The minimum absolute atomic E-state index is 0.606. The summed E-state index contributed by atoms with van der Waals surface area (Å²) in [4.78, 5) is 0. The Kier molecular flexibility index (Phi) is 4.22. The Morgan fingerprint density at radius 3 is 2.67 bits per heavy atom. The number of aryl methyl sites for hydroxylation is 1. The van der Waals surface area contributed by atoms with Crippen molar-refractivity contribution in [2.24, 2.45) is 11.7 Å². The number of rotatable bonds is 4. The van der Waals surface area contributed by atoms with E-state index in [4.69, 9.17) is 10.5 Å². The topological polar surface area (TPSA) is 35.2 Å². The third-order valence-electron chi connectivity index (χ3n) is 5.06. The summed E-state index contributed by atoms with van der Waals surface area (Å²) in [6.07, 6.45) is 3.42. The Morgan fingerprint density at radius 2 is 1.79 bits per heavy atom. The van der Waals surface area contributed by atoms with Crippen molar-refractivity contribution in [2.75, 3.05) is 6.54 Å². The van der Waals surface area contributed by atoms with E-state index in [2.05, 4.69) is 60.7 Å². The maximum Gasteiger partial charge on any atom is 0.120 e. The predicted octanol–water partition coefficient (Wildman–Crippen LogP) is 4.48. The van der Waals surface area contributed by atoms with Crippen molar-refractivity contribution >= 4 is 10.8 Å². The lowest BCUT2D eigenvalue weighted by atomic mass is 9.84. The smallest absolute Gasteiger partial charge is 0.120 e. The molecule has 1 unspecified atom stereocenters. The number of fused-ring (bicyclic) bond motifs is 2. The first-order valence-electron chi connectivity index (χ1n) is 8.74. The van der Waals surface area contributed by atoms with Crippen LogP contribution in [0.15, 0.2) is 60.7 Å². The zero-order valence-corrected chi connectivity index (χ0v) is 13.9. The summed E-state index contributed by atoms with van der Waals surface area (Å²) in [5.41, 5.74) is 9.89. The van der Waals surface area contributed by atoms with Gasteiger partial charge in [0.05, 0.1) is 0 Å². The molecule has 0 bridgehead atoms. The van der Waals surface area contributed by atoms with Gasteiger partial charge in [0.2, 0.25) is 0 Å². The SMILES string of the molecule is NCC1CCc2cc(OCc3ccc4ccccc4c3)ccc2C1. The highest BCUT2D eigenvalue weighted by atomic mass is 16.5. The van der Waals surface area contributed by atoms with Gasteiger partial charge in [-0.05, 0) is 77.4 Å². The van der Waals surface area contributed by atoms with Gasteiger partial charge in [-0.1, -0.05) is 42.5 Å². The lowest BCUT2D eigenvalue weighted by molar-refractivity contribution is 0.305. The predicted molar refractivity (Wildman–Crippen MR) is 99.3 cm³/mol. The molecule has 3 aromatic rings. The molecular weight excluding hydrogens is 294 g/mol. The first-order valence-corrected chi connectivity index (χ1v) is 8.74. The Bertz CT molecular complexity index is 855. The van der Waals surface area contributed by atoms with E-state index in [1.165, 1.54) is 33.9 Å². The molecule has 0 spiro atoms. The molecule has 0 aliphatic heterocycles. The fourth-order valence-electron chi connectivity index (χ4n) is 3.59. The van der Waals surface area contributed by atoms with Crippen LogP contribution in [0.1, 0.15) is 23.1 Å². The highest BCUT2D eigenvalue weighted by Gasteiger charge is 2.17. The zero-order chi connectivity index (χ0) is 16.4. The van der Waals surface area contributed by atoms with E-state index in [9.17, 15) is 0 Å². The third kappa shape index (κ3) is 3.15. The highest BCUT2D eigenvalue weighted by Crippen LogP contribution is 2.28. The van der Waals surface area contributed by atoms with Crippen LogP contribution in [0.5, 0.6) is 5.75 Å². The van der Waals surface area contributed by atoms with E-state index in [0.29, 0.717) is 12.5 Å².